The Morgan fingerprint density at radius 2 is 1.67 bits per heavy atom. The zero-order valence-electron chi connectivity index (χ0n) is 28.6. The molecule has 0 radical (unpaired) electrons. The fourth-order valence-electron chi connectivity index (χ4n) is 6.34. The fraction of sp³-hybridized carbons (Fsp3) is 0.595. The predicted octanol–water partition coefficient (Wildman–Crippen LogP) is 3.48. The third-order valence-corrected chi connectivity index (χ3v) is 11.1. The van der Waals surface area contributed by atoms with Crippen LogP contribution in [0.5, 0.6) is 0 Å². The van der Waals surface area contributed by atoms with Crippen LogP contribution in [0.1, 0.15) is 76.3 Å². The van der Waals surface area contributed by atoms with Crippen molar-refractivity contribution < 1.29 is 28.2 Å². The number of aromatic nitrogens is 1. The van der Waals surface area contributed by atoms with Crippen molar-refractivity contribution in [1.29, 1.82) is 0 Å². The van der Waals surface area contributed by atoms with Gasteiger partial charge in [-0.3, -0.25) is 14.6 Å². The average Bonchev–Trinajstić information content (AvgIpc) is 3.07. The molecule has 1 heterocycles. The summed E-state index contributed by atoms with van der Waals surface area (Å²) in [5.41, 5.74) is 1.72. The highest BCUT2D eigenvalue weighted by Crippen LogP contribution is 2.29. The molecule has 1 aromatic heterocycles. The number of carbonyl (C=O) groups is 2. The molecular formula is C37H54N4O6S. The summed E-state index contributed by atoms with van der Waals surface area (Å²) in [6.45, 7) is 4.13. The van der Waals surface area contributed by atoms with E-state index < -0.39 is 57.8 Å². The molecule has 5 atom stereocenters. The largest absolute Gasteiger partial charge is 0.390 e. The minimum absolute atomic E-state index is 0.130. The van der Waals surface area contributed by atoms with Crippen molar-refractivity contribution in [2.24, 2.45) is 17.8 Å². The lowest BCUT2D eigenvalue weighted by atomic mass is 9.82. The Balaban J connectivity index is 1.77. The van der Waals surface area contributed by atoms with Crippen LogP contribution in [0.4, 0.5) is 0 Å². The number of nitrogens with one attached hydrogen (secondary N) is 2. The van der Waals surface area contributed by atoms with Gasteiger partial charge in [-0.05, 0) is 60.8 Å². The van der Waals surface area contributed by atoms with Gasteiger partial charge in [-0.2, -0.15) is 0 Å². The van der Waals surface area contributed by atoms with Gasteiger partial charge in [0.2, 0.25) is 21.8 Å². The predicted molar refractivity (Wildman–Crippen MR) is 188 cm³/mol. The SMILES string of the molecule is C#CC[C@H](NC(=O)C(Cc1ccccc1)CS(=O)(=O)N(C)CCc1ccncc1)C(=O)N[C@@H](CC1CCCCC1)[C@@H](O)C(O)CC(C)C. The molecule has 0 saturated heterocycles. The molecule has 3 rings (SSSR count). The minimum atomic E-state index is -3.87. The van der Waals surface area contributed by atoms with Crippen LogP contribution in [0.3, 0.4) is 0 Å². The van der Waals surface area contributed by atoms with Crippen molar-refractivity contribution in [1.82, 2.24) is 19.9 Å². The molecule has 0 spiro atoms. The van der Waals surface area contributed by atoms with Gasteiger partial charge in [-0.1, -0.05) is 76.3 Å². The maximum Gasteiger partial charge on any atom is 0.243 e. The number of carbonyl (C=O) groups excluding carboxylic acids is 2. The van der Waals surface area contributed by atoms with E-state index in [1.54, 1.807) is 12.4 Å². The first-order chi connectivity index (χ1) is 22.9. The lowest BCUT2D eigenvalue weighted by Gasteiger charge is -2.33. The van der Waals surface area contributed by atoms with Gasteiger partial charge in [-0.25, -0.2) is 12.7 Å². The number of sulfonamides is 1. The number of likely N-dealkylation sites (N-methyl/N-ethyl adjacent to an activating group) is 1. The van der Waals surface area contributed by atoms with E-state index in [-0.39, 0.29) is 25.3 Å². The number of hydrogen-bond donors (Lipinski definition) is 4. The molecule has 10 nitrogen and oxygen atoms in total. The first-order valence-corrected chi connectivity index (χ1v) is 18.8. The van der Waals surface area contributed by atoms with Gasteiger partial charge in [0, 0.05) is 32.4 Å². The third-order valence-electron chi connectivity index (χ3n) is 9.16. The second kappa shape index (κ2) is 19.6. The number of rotatable bonds is 19. The fourth-order valence-corrected chi connectivity index (χ4v) is 7.74. The summed E-state index contributed by atoms with van der Waals surface area (Å²) in [5.74, 6) is 0.235. The molecule has 0 bridgehead atoms. The Morgan fingerprint density at radius 3 is 2.29 bits per heavy atom. The van der Waals surface area contributed by atoms with Crippen LogP contribution in [-0.2, 0) is 32.5 Å². The van der Waals surface area contributed by atoms with Crippen LogP contribution in [0.15, 0.2) is 54.9 Å². The van der Waals surface area contributed by atoms with Crippen LogP contribution < -0.4 is 10.6 Å². The van der Waals surface area contributed by atoms with E-state index in [2.05, 4.69) is 21.5 Å². The van der Waals surface area contributed by atoms with Crippen LogP contribution in [0.25, 0.3) is 0 Å². The zero-order chi connectivity index (χ0) is 35.1. The van der Waals surface area contributed by atoms with Gasteiger partial charge in [0.1, 0.15) is 12.1 Å². The summed E-state index contributed by atoms with van der Waals surface area (Å²) < 4.78 is 28.3. The molecule has 1 aliphatic carbocycles. The first-order valence-electron chi connectivity index (χ1n) is 17.2. The number of nitrogens with zero attached hydrogens (tertiary/aromatic N) is 2. The van der Waals surface area contributed by atoms with Gasteiger partial charge in [-0.15, -0.1) is 12.3 Å². The highest BCUT2D eigenvalue weighted by Gasteiger charge is 2.35. The van der Waals surface area contributed by atoms with Crippen LogP contribution in [0, 0.1) is 30.1 Å². The minimum Gasteiger partial charge on any atom is -0.390 e. The number of terminal acetylenes is 1. The van der Waals surface area contributed by atoms with E-state index in [4.69, 9.17) is 6.42 Å². The highest BCUT2D eigenvalue weighted by molar-refractivity contribution is 7.89. The maximum absolute atomic E-state index is 13.8. The van der Waals surface area contributed by atoms with Gasteiger partial charge >= 0.3 is 0 Å². The lowest BCUT2D eigenvalue weighted by Crippen LogP contribution is -2.56. The normalized spacial score (nSPS) is 17.2. The van der Waals surface area contributed by atoms with Crippen LogP contribution >= 0.6 is 0 Å². The summed E-state index contributed by atoms with van der Waals surface area (Å²) in [6.07, 6.45) is 13.4. The van der Waals surface area contributed by atoms with E-state index in [0.29, 0.717) is 25.2 Å². The topological polar surface area (TPSA) is 149 Å². The maximum atomic E-state index is 13.8. The average molecular weight is 683 g/mol. The Bertz CT molecular complexity index is 1410. The van der Waals surface area contributed by atoms with Crippen molar-refractivity contribution in [2.75, 3.05) is 19.3 Å². The van der Waals surface area contributed by atoms with Crippen molar-refractivity contribution in [2.45, 2.75) is 102 Å². The van der Waals surface area contributed by atoms with E-state index in [1.807, 2.05) is 56.3 Å². The van der Waals surface area contributed by atoms with Crippen molar-refractivity contribution in [3.05, 3.63) is 66.0 Å². The second-order valence-corrected chi connectivity index (χ2v) is 15.7. The summed E-state index contributed by atoms with van der Waals surface area (Å²) in [6, 6.07) is 10.9. The summed E-state index contributed by atoms with van der Waals surface area (Å²) in [7, 11) is -2.38. The lowest BCUT2D eigenvalue weighted by molar-refractivity contribution is -0.132. The van der Waals surface area contributed by atoms with E-state index in [9.17, 15) is 28.2 Å². The van der Waals surface area contributed by atoms with Gasteiger partial charge in [0.25, 0.3) is 0 Å². The van der Waals surface area contributed by atoms with Crippen molar-refractivity contribution in [3.63, 3.8) is 0 Å². The molecule has 1 fully saturated rings. The molecule has 1 saturated carbocycles. The molecule has 264 valence electrons. The van der Waals surface area contributed by atoms with Gasteiger partial charge in [0.05, 0.1) is 23.8 Å². The molecule has 11 heteroatoms. The molecular weight excluding hydrogens is 628 g/mol. The Kier molecular flexibility index (Phi) is 16.0. The summed E-state index contributed by atoms with van der Waals surface area (Å²) in [5, 5.41) is 27.6. The molecule has 2 aromatic rings. The Morgan fingerprint density at radius 1 is 1.00 bits per heavy atom. The van der Waals surface area contributed by atoms with Gasteiger partial charge < -0.3 is 20.8 Å². The Hall–Kier alpha value is -3.30. The molecule has 48 heavy (non-hydrogen) atoms. The van der Waals surface area contributed by atoms with E-state index in [1.165, 1.54) is 11.4 Å². The highest BCUT2D eigenvalue weighted by atomic mass is 32.2. The number of hydrogen-bond acceptors (Lipinski definition) is 7. The van der Waals surface area contributed by atoms with Gasteiger partial charge in [0.15, 0.2) is 0 Å². The number of pyridine rings is 1. The number of aliphatic hydroxyl groups is 2. The van der Waals surface area contributed by atoms with Crippen molar-refractivity contribution in [3.8, 4) is 12.3 Å². The Labute approximate surface area is 287 Å². The first kappa shape index (κ1) is 39.1. The molecule has 0 aliphatic heterocycles. The molecule has 1 aromatic carbocycles. The monoisotopic (exact) mass is 682 g/mol. The second-order valence-electron chi connectivity index (χ2n) is 13.6. The molecule has 4 N–H and O–H groups in total. The number of amides is 2. The number of aliphatic hydroxyl groups excluding tert-OH is 2. The molecule has 2 unspecified atom stereocenters. The van der Waals surface area contributed by atoms with E-state index >= 15 is 0 Å². The smallest absolute Gasteiger partial charge is 0.243 e. The third kappa shape index (κ3) is 13.0. The van der Waals surface area contributed by atoms with Crippen molar-refractivity contribution >= 4 is 21.8 Å². The van der Waals surface area contributed by atoms with E-state index in [0.717, 1.165) is 43.2 Å². The standard InChI is InChI=1S/C37H54N4O6S/c1-5-12-32(37(45)40-33(25-30-15-10-7-11-16-30)35(43)34(42)23-27(2)3)39-36(44)31(24-29-13-8-6-9-14-29)26-48(46,47)41(4)22-19-28-17-20-38-21-18-28/h1,6,8-9,13-14,17-18,20-21,27,30-35,42-43H,7,10-12,15-16,19,22-26H2,2-4H3,(H,39,44)(H,40,45)/t31?,32-,33-,34?,35+/m0/s1. The summed E-state index contributed by atoms with van der Waals surface area (Å²) >= 11 is 0. The quantitative estimate of drug-likeness (QED) is 0.166. The van der Waals surface area contributed by atoms with Crippen LogP contribution in [-0.4, -0.2) is 83.4 Å². The molecule has 2 amide bonds. The number of benzene rings is 1. The zero-order valence-corrected chi connectivity index (χ0v) is 29.4. The van der Waals surface area contributed by atoms with Crippen LogP contribution in [0.2, 0.25) is 0 Å². The molecule has 1 aliphatic rings. The summed E-state index contributed by atoms with van der Waals surface area (Å²) in [4.78, 5) is 31.6.